The quantitative estimate of drug-likeness (QED) is 0.775. The fourth-order valence-corrected chi connectivity index (χ4v) is 2.89. The molecule has 0 radical (unpaired) electrons. The lowest BCUT2D eigenvalue weighted by molar-refractivity contribution is -0.121. The molecule has 1 unspecified atom stereocenters. The summed E-state index contributed by atoms with van der Waals surface area (Å²) in [7, 11) is 1.86. The highest BCUT2D eigenvalue weighted by Gasteiger charge is 2.22. The highest BCUT2D eigenvalue weighted by Crippen LogP contribution is 2.23. The van der Waals surface area contributed by atoms with E-state index in [9.17, 15) is 4.79 Å². The average molecular weight is 383 g/mol. The van der Waals surface area contributed by atoms with Crippen LogP contribution < -0.4 is 10.1 Å². The monoisotopic (exact) mass is 382 g/mol. The predicted octanol–water partition coefficient (Wildman–Crippen LogP) is 3.44. The summed E-state index contributed by atoms with van der Waals surface area (Å²) < 4.78 is 7.52. The van der Waals surface area contributed by atoms with Crippen LogP contribution in [0, 0.1) is 0 Å². The molecule has 1 amide bonds. The van der Waals surface area contributed by atoms with Gasteiger partial charge in [-0.1, -0.05) is 23.4 Å². The van der Waals surface area contributed by atoms with E-state index in [0.29, 0.717) is 21.8 Å². The SMILES string of the molecule is CC(Sc1nnc(COc2ccc(Cl)cc2)n1C)C(=O)NC(C)(C)C. The van der Waals surface area contributed by atoms with Crippen LogP contribution in [-0.4, -0.2) is 31.5 Å². The van der Waals surface area contributed by atoms with Gasteiger partial charge in [0, 0.05) is 17.6 Å². The maximum Gasteiger partial charge on any atom is 0.233 e. The Morgan fingerprint density at radius 2 is 1.96 bits per heavy atom. The molecule has 1 N–H and O–H groups in total. The van der Waals surface area contributed by atoms with Gasteiger partial charge in [0.2, 0.25) is 5.91 Å². The van der Waals surface area contributed by atoms with E-state index in [4.69, 9.17) is 16.3 Å². The van der Waals surface area contributed by atoms with Crippen LogP contribution in [0.2, 0.25) is 5.02 Å². The highest BCUT2D eigenvalue weighted by atomic mass is 35.5. The van der Waals surface area contributed by atoms with Crippen molar-refractivity contribution in [3.63, 3.8) is 0 Å². The van der Waals surface area contributed by atoms with Crippen molar-refractivity contribution in [2.24, 2.45) is 7.05 Å². The lowest BCUT2D eigenvalue weighted by atomic mass is 10.1. The minimum atomic E-state index is -0.271. The van der Waals surface area contributed by atoms with Gasteiger partial charge in [0.1, 0.15) is 12.4 Å². The van der Waals surface area contributed by atoms with Gasteiger partial charge in [0.15, 0.2) is 11.0 Å². The van der Waals surface area contributed by atoms with Crippen LogP contribution in [-0.2, 0) is 18.4 Å². The molecule has 136 valence electrons. The second-order valence-electron chi connectivity index (χ2n) is 6.70. The Hall–Kier alpha value is -1.73. The number of amides is 1. The Morgan fingerprint density at radius 1 is 1.32 bits per heavy atom. The number of halogens is 1. The van der Waals surface area contributed by atoms with E-state index in [0.717, 1.165) is 0 Å². The standard InChI is InChI=1S/C17H23ClN4O2S/c1-11(15(23)19-17(2,3)4)25-16-21-20-14(22(16)5)10-24-13-8-6-12(18)7-9-13/h6-9,11H,10H2,1-5H3,(H,19,23). The zero-order valence-electron chi connectivity index (χ0n) is 15.0. The minimum absolute atomic E-state index is 0.0283. The molecule has 0 spiro atoms. The molecule has 8 heteroatoms. The molecule has 1 aromatic carbocycles. The molecule has 25 heavy (non-hydrogen) atoms. The Morgan fingerprint density at radius 3 is 2.56 bits per heavy atom. The molecule has 2 aromatic rings. The summed E-state index contributed by atoms with van der Waals surface area (Å²) in [5, 5.41) is 12.3. The maximum atomic E-state index is 12.2. The second kappa shape index (κ2) is 8.10. The molecule has 0 bridgehead atoms. The van der Waals surface area contributed by atoms with E-state index in [2.05, 4.69) is 15.5 Å². The molecule has 6 nitrogen and oxygen atoms in total. The normalized spacial score (nSPS) is 12.7. The highest BCUT2D eigenvalue weighted by molar-refractivity contribution is 8.00. The maximum absolute atomic E-state index is 12.2. The predicted molar refractivity (Wildman–Crippen MR) is 100 cm³/mol. The first kappa shape index (κ1) is 19.6. The van der Waals surface area contributed by atoms with Crippen LogP contribution in [0.4, 0.5) is 0 Å². The summed E-state index contributed by atoms with van der Waals surface area (Å²) in [5.41, 5.74) is -0.261. The summed E-state index contributed by atoms with van der Waals surface area (Å²) >= 11 is 7.22. The van der Waals surface area contributed by atoms with E-state index in [1.807, 2.05) is 39.3 Å². The number of benzene rings is 1. The zero-order chi connectivity index (χ0) is 18.6. The van der Waals surface area contributed by atoms with Gasteiger partial charge < -0.3 is 14.6 Å². The molecule has 0 aliphatic heterocycles. The Bertz CT molecular complexity index is 725. The van der Waals surface area contributed by atoms with E-state index in [1.165, 1.54) is 11.8 Å². The van der Waals surface area contributed by atoms with Crippen molar-refractivity contribution in [3.8, 4) is 5.75 Å². The Labute approximate surface area is 157 Å². The molecular formula is C17H23ClN4O2S. The molecule has 0 fully saturated rings. The molecular weight excluding hydrogens is 360 g/mol. The average Bonchev–Trinajstić information content (AvgIpc) is 2.85. The van der Waals surface area contributed by atoms with E-state index in [-0.39, 0.29) is 23.3 Å². The van der Waals surface area contributed by atoms with Crippen LogP contribution in [0.5, 0.6) is 5.75 Å². The van der Waals surface area contributed by atoms with Crippen molar-refractivity contribution in [1.82, 2.24) is 20.1 Å². The third kappa shape index (κ3) is 5.93. The largest absolute Gasteiger partial charge is 0.486 e. The summed E-state index contributed by atoms with van der Waals surface area (Å²) in [6.45, 7) is 8.00. The number of nitrogens with zero attached hydrogens (tertiary/aromatic N) is 3. The van der Waals surface area contributed by atoms with Crippen LogP contribution in [0.25, 0.3) is 0 Å². The number of carbonyl (C=O) groups excluding carboxylic acids is 1. The number of carbonyl (C=O) groups is 1. The van der Waals surface area contributed by atoms with Gasteiger partial charge in [-0.2, -0.15) is 0 Å². The van der Waals surface area contributed by atoms with Crippen molar-refractivity contribution in [2.45, 2.75) is 50.2 Å². The lowest BCUT2D eigenvalue weighted by Gasteiger charge is -2.22. The molecule has 1 aromatic heterocycles. The number of nitrogens with one attached hydrogen (secondary N) is 1. The number of ether oxygens (including phenoxy) is 1. The van der Waals surface area contributed by atoms with Gasteiger partial charge in [-0.3, -0.25) is 4.79 Å². The van der Waals surface area contributed by atoms with Gasteiger partial charge in [-0.15, -0.1) is 10.2 Å². The molecule has 0 aliphatic carbocycles. The molecule has 0 saturated heterocycles. The van der Waals surface area contributed by atoms with Crippen LogP contribution in [0.3, 0.4) is 0 Å². The number of hydrogen-bond donors (Lipinski definition) is 1. The van der Waals surface area contributed by atoms with Gasteiger partial charge in [0.25, 0.3) is 0 Å². The fraction of sp³-hybridized carbons (Fsp3) is 0.471. The molecule has 1 heterocycles. The third-order valence-corrected chi connectivity index (χ3v) is 4.64. The van der Waals surface area contributed by atoms with Gasteiger partial charge in [-0.05, 0) is 52.0 Å². The first-order valence-corrected chi connectivity index (χ1v) is 9.17. The van der Waals surface area contributed by atoms with Crippen LogP contribution in [0.15, 0.2) is 29.4 Å². The van der Waals surface area contributed by atoms with Crippen LogP contribution in [0.1, 0.15) is 33.5 Å². The minimum Gasteiger partial charge on any atom is -0.486 e. The summed E-state index contributed by atoms with van der Waals surface area (Å²) in [6.07, 6.45) is 0. The van der Waals surface area contributed by atoms with Gasteiger partial charge in [-0.25, -0.2) is 0 Å². The second-order valence-corrected chi connectivity index (χ2v) is 8.44. The van der Waals surface area contributed by atoms with Crippen molar-refractivity contribution < 1.29 is 9.53 Å². The topological polar surface area (TPSA) is 69.0 Å². The van der Waals surface area contributed by atoms with Crippen molar-refractivity contribution in [2.75, 3.05) is 0 Å². The summed E-state index contributed by atoms with van der Waals surface area (Å²) in [4.78, 5) is 12.2. The van der Waals surface area contributed by atoms with E-state index < -0.39 is 0 Å². The Balaban J connectivity index is 1.95. The molecule has 0 saturated carbocycles. The van der Waals surface area contributed by atoms with E-state index >= 15 is 0 Å². The fourth-order valence-electron chi connectivity index (χ4n) is 1.93. The van der Waals surface area contributed by atoms with Crippen molar-refractivity contribution in [3.05, 3.63) is 35.1 Å². The number of rotatable bonds is 6. The lowest BCUT2D eigenvalue weighted by Crippen LogP contribution is -2.44. The van der Waals surface area contributed by atoms with E-state index in [1.54, 1.807) is 24.3 Å². The number of aromatic nitrogens is 3. The first-order valence-electron chi connectivity index (χ1n) is 7.91. The number of thioether (sulfide) groups is 1. The summed E-state index contributed by atoms with van der Waals surface area (Å²) in [5.74, 6) is 1.36. The Kier molecular flexibility index (Phi) is 6.35. The van der Waals surface area contributed by atoms with Crippen LogP contribution >= 0.6 is 23.4 Å². The van der Waals surface area contributed by atoms with Gasteiger partial charge in [0.05, 0.1) is 5.25 Å². The number of hydrogen-bond acceptors (Lipinski definition) is 5. The summed E-state index contributed by atoms with van der Waals surface area (Å²) in [6, 6.07) is 7.13. The third-order valence-electron chi connectivity index (χ3n) is 3.26. The molecule has 1 atom stereocenters. The zero-order valence-corrected chi connectivity index (χ0v) is 16.6. The van der Waals surface area contributed by atoms with Crippen molar-refractivity contribution >= 4 is 29.3 Å². The van der Waals surface area contributed by atoms with Gasteiger partial charge >= 0.3 is 0 Å². The van der Waals surface area contributed by atoms with Crippen molar-refractivity contribution in [1.29, 1.82) is 0 Å². The molecule has 0 aliphatic rings. The first-order chi connectivity index (χ1) is 11.7. The smallest absolute Gasteiger partial charge is 0.233 e. The molecule has 2 rings (SSSR count).